The summed E-state index contributed by atoms with van der Waals surface area (Å²) in [6.45, 7) is 0. The van der Waals surface area contributed by atoms with Crippen LogP contribution < -0.4 is 5.32 Å². The summed E-state index contributed by atoms with van der Waals surface area (Å²) in [6, 6.07) is 8.16. The van der Waals surface area contributed by atoms with E-state index in [0.29, 0.717) is 12.8 Å². The second kappa shape index (κ2) is 6.07. The maximum absolute atomic E-state index is 12.6. The number of hydrogen-bond donors (Lipinski definition) is 1. The molecule has 1 nitrogen and oxygen atoms in total. The van der Waals surface area contributed by atoms with Crippen LogP contribution in [0.2, 0.25) is 0 Å². The molecular weight excluding hydrogens is 271 g/mol. The molecule has 0 heterocycles. The van der Waals surface area contributed by atoms with Gasteiger partial charge in [0.15, 0.2) is 0 Å². The lowest BCUT2D eigenvalue weighted by atomic mass is 9.85. The third-order valence-corrected chi connectivity index (χ3v) is 4.36. The van der Waals surface area contributed by atoms with E-state index in [1.807, 2.05) is 30.5 Å². The van der Waals surface area contributed by atoms with Crippen molar-refractivity contribution in [2.24, 2.45) is 5.92 Å². The van der Waals surface area contributed by atoms with Crippen LogP contribution >= 0.6 is 11.8 Å². The molecule has 0 bridgehead atoms. The van der Waals surface area contributed by atoms with Gasteiger partial charge in [0.2, 0.25) is 0 Å². The van der Waals surface area contributed by atoms with Gasteiger partial charge in [-0.25, -0.2) is 0 Å². The Hall–Kier alpha value is -0.840. The molecule has 2 rings (SSSR count). The molecule has 0 atom stereocenters. The van der Waals surface area contributed by atoms with Crippen LogP contribution in [0.1, 0.15) is 25.7 Å². The first-order valence-corrected chi connectivity index (χ1v) is 7.69. The van der Waals surface area contributed by atoms with Crippen molar-refractivity contribution in [1.29, 1.82) is 0 Å². The van der Waals surface area contributed by atoms with E-state index in [1.165, 1.54) is 0 Å². The molecule has 0 aromatic heterocycles. The Morgan fingerprint density at radius 1 is 1.16 bits per heavy atom. The summed E-state index contributed by atoms with van der Waals surface area (Å²) in [5.74, 6) is -1.11. The fourth-order valence-electron chi connectivity index (χ4n) is 2.51. The number of halogens is 3. The molecule has 0 amide bonds. The fraction of sp³-hybridized carbons (Fsp3) is 0.571. The van der Waals surface area contributed by atoms with Gasteiger partial charge in [-0.2, -0.15) is 13.2 Å². The summed E-state index contributed by atoms with van der Waals surface area (Å²) in [7, 11) is 0. The Balaban J connectivity index is 1.88. The second-order valence-electron chi connectivity index (χ2n) is 4.97. The Morgan fingerprint density at radius 3 is 2.42 bits per heavy atom. The molecule has 19 heavy (non-hydrogen) atoms. The SMILES string of the molecule is CSc1cccc(NC2CCC(C(F)(F)F)CC2)c1. The molecule has 106 valence electrons. The van der Waals surface area contributed by atoms with Gasteiger partial charge in [-0.3, -0.25) is 0 Å². The molecular formula is C14H18F3NS. The summed E-state index contributed by atoms with van der Waals surface area (Å²) in [4.78, 5) is 1.16. The van der Waals surface area contributed by atoms with Crippen molar-refractivity contribution < 1.29 is 13.2 Å². The first kappa shape index (κ1) is 14.6. The van der Waals surface area contributed by atoms with Gasteiger partial charge < -0.3 is 5.32 Å². The number of benzene rings is 1. The van der Waals surface area contributed by atoms with Gasteiger partial charge in [0, 0.05) is 16.6 Å². The van der Waals surface area contributed by atoms with E-state index < -0.39 is 12.1 Å². The van der Waals surface area contributed by atoms with Crippen molar-refractivity contribution in [3.8, 4) is 0 Å². The minimum absolute atomic E-state index is 0.163. The number of hydrogen-bond acceptors (Lipinski definition) is 2. The van der Waals surface area contributed by atoms with Crippen molar-refractivity contribution in [2.75, 3.05) is 11.6 Å². The lowest BCUT2D eigenvalue weighted by Crippen LogP contribution is -2.32. The van der Waals surface area contributed by atoms with Crippen LogP contribution in [0.25, 0.3) is 0 Å². The minimum Gasteiger partial charge on any atom is -0.382 e. The molecule has 1 aliphatic carbocycles. The van der Waals surface area contributed by atoms with Gasteiger partial charge in [0.05, 0.1) is 5.92 Å². The molecule has 1 saturated carbocycles. The Bertz CT molecular complexity index is 411. The van der Waals surface area contributed by atoms with Crippen LogP contribution in [-0.2, 0) is 0 Å². The summed E-state index contributed by atoms with van der Waals surface area (Å²) in [6.07, 6.45) is -0.356. The van der Waals surface area contributed by atoms with Gasteiger partial charge in [-0.1, -0.05) is 6.07 Å². The van der Waals surface area contributed by atoms with Gasteiger partial charge in [0.25, 0.3) is 0 Å². The molecule has 0 aliphatic heterocycles. The number of rotatable bonds is 3. The van der Waals surface area contributed by atoms with Crippen molar-refractivity contribution >= 4 is 17.4 Å². The first-order chi connectivity index (χ1) is 8.99. The normalized spacial score (nSPS) is 24.2. The van der Waals surface area contributed by atoms with Gasteiger partial charge in [0.1, 0.15) is 0 Å². The molecule has 1 aromatic carbocycles. The summed E-state index contributed by atoms with van der Waals surface area (Å²) in [5.41, 5.74) is 1.00. The molecule has 0 spiro atoms. The highest BCUT2D eigenvalue weighted by molar-refractivity contribution is 7.98. The van der Waals surface area contributed by atoms with Gasteiger partial charge >= 0.3 is 6.18 Å². The average molecular weight is 289 g/mol. The average Bonchev–Trinajstić information content (AvgIpc) is 2.38. The molecule has 1 N–H and O–H groups in total. The Kier molecular flexibility index (Phi) is 4.66. The highest BCUT2D eigenvalue weighted by Gasteiger charge is 2.41. The van der Waals surface area contributed by atoms with Gasteiger partial charge in [-0.15, -0.1) is 11.8 Å². The van der Waals surface area contributed by atoms with E-state index in [4.69, 9.17) is 0 Å². The third kappa shape index (κ3) is 4.06. The smallest absolute Gasteiger partial charge is 0.382 e. The lowest BCUT2D eigenvalue weighted by molar-refractivity contribution is -0.182. The first-order valence-electron chi connectivity index (χ1n) is 6.46. The van der Waals surface area contributed by atoms with E-state index in [-0.39, 0.29) is 18.9 Å². The van der Waals surface area contributed by atoms with E-state index in [0.717, 1.165) is 10.6 Å². The van der Waals surface area contributed by atoms with Crippen LogP contribution in [0.5, 0.6) is 0 Å². The largest absolute Gasteiger partial charge is 0.391 e. The predicted molar refractivity (Wildman–Crippen MR) is 73.6 cm³/mol. The zero-order valence-corrected chi connectivity index (χ0v) is 11.7. The third-order valence-electron chi connectivity index (χ3n) is 3.63. The minimum atomic E-state index is -4.02. The number of nitrogens with one attached hydrogen (secondary N) is 1. The second-order valence-corrected chi connectivity index (χ2v) is 5.85. The fourth-order valence-corrected chi connectivity index (χ4v) is 2.97. The van der Waals surface area contributed by atoms with Crippen molar-refractivity contribution in [2.45, 2.75) is 42.8 Å². The van der Waals surface area contributed by atoms with Crippen LogP contribution in [0.4, 0.5) is 18.9 Å². The summed E-state index contributed by atoms with van der Waals surface area (Å²) >= 11 is 1.66. The van der Waals surface area contributed by atoms with Crippen LogP contribution in [-0.4, -0.2) is 18.5 Å². The predicted octanol–water partition coefficient (Wildman–Crippen LogP) is 4.94. The Labute approximate surface area is 116 Å². The van der Waals surface area contributed by atoms with Crippen molar-refractivity contribution in [1.82, 2.24) is 0 Å². The van der Waals surface area contributed by atoms with Crippen LogP contribution in [0.3, 0.4) is 0 Å². The van der Waals surface area contributed by atoms with E-state index >= 15 is 0 Å². The van der Waals surface area contributed by atoms with Crippen molar-refractivity contribution in [3.63, 3.8) is 0 Å². The quantitative estimate of drug-likeness (QED) is 0.791. The molecule has 0 unspecified atom stereocenters. The molecule has 1 fully saturated rings. The van der Waals surface area contributed by atoms with Crippen molar-refractivity contribution in [3.05, 3.63) is 24.3 Å². The lowest BCUT2D eigenvalue weighted by Gasteiger charge is -2.30. The number of thioether (sulfide) groups is 1. The molecule has 1 aromatic rings. The van der Waals surface area contributed by atoms with Gasteiger partial charge in [-0.05, 0) is 50.1 Å². The number of anilines is 1. The van der Waals surface area contributed by atoms with Crippen LogP contribution in [0, 0.1) is 5.92 Å². The maximum Gasteiger partial charge on any atom is 0.391 e. The van der Waals surface area contributed by atoms with E-state index in [2.05, 4.69) is 5.32 Å². The topological polar surface area (TPSA) is 12.0 Å². The number of alkyl halides is 3. The monoisotopic (exact) mass is 289 g/mol. The highest BCUT2D eigenvalue weighted by Crippen LogP contribution is 2.38. The zero-order valence-electron chi connectivity index (χ0n) is 10.8. The van der Waals surface area contributed by atoms with E-state index in [9.17, 15) is 13.2 Å². The zero-order chi connectivity index (χ0) is 13.9. The van der Waals surface area contributed by atoms with E-state index in [1.54, 1.807) is 11.8 Å². The Morgan fingerprint density at radius 2 is 1.84 bits per heavy atom. The highest BCUT2D eigenvalue weighted by atomic mass is 32.2. The standard InChI is InChI=1S/C14H18F3NS/c1-19-13-4-2-3-12(9-13)18-11-7-5-10(6-8-11)14(15,16)17/h2-4,9-11,18H,5-8H2,1H3. The summed E-state index contributed by atoms with van der Waals surface area (Å²) < 4.78 is 37.7. The maximum atomic E-state index is 12.6. The van der Waals surface area contributed by atoms with Crippen LogP contribution in [0.15, 0.2) is 29.2 Å². The molecule has 0 saturated heterocycles. The molecule has 5 heteroatoms. The summed E-state index contributed by atoms with van der Waals surface area (Å²) in [5, 5.41) is 3.35. The molecule has 1 aliphatic rings. The molecule has 0 radical (unpaired) electrons.